The fourth-order valence-electron chi connectivity index (χ4n) is 15.6. The van der Waals surface area contributed by atoms with Crippen LogP contribution in [0.3, 0.4) is 0 Å². The van der Waals surface area contributed by atoms with Crippen molar-refractivity contribution in [1.82, 2.24) is 48.8 Å². The number of fused-ring (bicyclic) bond motifs is 1. The number of ketones is 1. The number of nitrogens with zero attached hydrogens (tertiary/aromatic N) is 9. The Morgan fingerprint density at radius 3 is 1.99 bits per heavy atom. The Balaban J connectivity index is 0.000000155. The minimum absolute atomic E-state index is 0.00322. The molecule has 716 valence electrons. The van der Waals surface area contributed by atoms with Crippen LogP contribution >= 0.6 is 22.9 Å². The number of benzene rings is 10. The van der Waals surface area contributed by atoms with E-state index in [1.165, 1.54) is 59.6 Å². The summed E-state index contributed by atoms with van der Waals surface area (Å²) in [6.45, 7) is 18.1. The summed E-state index contributed by atoms with van der Waals surface area (Å²) in [6.07, 6.45) is 7.79. The van der Waals surface area contributed by atoms with Gasteiger partial charge in [-0.3, -0.25) is 43.1 Å². The molecule has 10 aromatic carbocycles. The van der Waals surface area contributed by atoms with Gasteiger partial charge in [-0.1, -0.05) is 163 Å². The number of anilines is 1. The molecule has 28 nitrogen and oxygen atoms in total. The highest BCUT2D eigenvalue weighted by molar-refractivity contribution is 7.92. The second kappa shape index (κ2) is 49.2. The van der Waals surface area contributed by atoms with E-state index >= 15 is 0 Å². The number of carbonyl (C=O) groups excluding carboxylic acids is 5. The molecule has 16 rings (SSSR count). The molecule has 33 heteroatoms. The molecule has 2 atom stereocenters. The summed E-state index contributed by atoms with van der Waals surface area (Å²) in [5.74, 6) is 3.70. The van der Waals surface area contributed by atoms with Gasteiger partial charge in [0.2, 0.25) is 27.6 Å². The Kier molecular flexibility index (Phi) is 36.7. The summed E-state index contributed by atoms with van der Waals surface area (Å²) < 4.78 is 102. The monoisotopic (exact) mass is 1930 g/mol. The molecule has 137 heavy (non-hydrogen) atoms. The van der Waals surface area contributed by atoms with Gasteiger partial charge in [-0.05, 0) is 161 Å². The molecule has 4 amide bonds. The molecule has 13 aromatic rings. The van der Waals surface area contributed by atoms with Crippen LogP contribution in [0.1, 0.15) is 94.5 Å². The normalized spacial score (nSPS) is 14.3. The molecule has 0 spiro atoms. The van der Waals surface area contributed by atoms with Crippen molar-refractivity contribution in [3.8, 4) is 45.9 Å². The molecule has 0 bridgehead atoms. The van der Waals surface area contributed by atoms with Gasteiger partial charge in [-0.2, -0.15) is 5.10 Å². The predicted molar refractivity (Wildman–Crippen MR) is 531 cm³/mol. The number of hydrogen-bond donors (Lipinski definition) is 3. The Morgan fingerprint density at radius 2 is 1.30 bits per heavy atom. The van der Waals surface area contributed by atoms with Crippen molar-refractivity contribution < 1.29 is 73.6 Å². The van der Waals surface area contributed by atoms with Crippen LogP contribution in [-0.2, 0) is 64.4 Å². The molecule has 3 aliphatic heterocycles. The van der Waals surface area contributed by atoms with Gasteiger partial charge in [-0.15, -0.1) is 11.3 Å². The second-order valence-electron chi connectivity index (χ2n) is 32.8. The van der Waals surface area contributed by atoms with Gasteiger partial charge in [-0.25, -0.2) is 40.9 Å². The lowest BCUT2D eigenvalue weighted by molar-refractivity contribution is -0.144. The summed E-state index contributed by atoms with van der Waals surface area (Å²) in [7, 11) is -2.01. The maximum absolute atomic E-state index is 12.9. The number of nitrogens with one attached hydrogen (secondary N) is 3. The fraction of sp³-hybridized carbons (Fsp3) is 0.279. The number of aryl methyl sites for hydroxylation is 2. The van der Waals surface area contributed by atoms with E-state index in [0.717, 1.165) is 106 Å². The van der Waals surface area contributed by atoms with Crippen LogP contribution in [-0.4, -0.2) is 195 Å². The fourth-order valence-corrected chi connectivity index (χ4v) is 19.4. The Labute approximate surface area is 807 Å². The molecule has 3 aliphatic rings. The van der Waals surface area contributed by atoms with Gasteiger partial charge in [0.05, 0.1) is 85.6 Å². The highest BCUT2D eigenvalue weighted by Gasteiger charge is 2.42. The lowest BCUT2D eigenvalue weighted by Crippen LogP contribution is -2.49. The second-order valence-corrected chi connectivity index (χ2v) is 38.4. The van der Waals surface area contributed by atoms with Crippen molar-refractivity contribution in [3.05, 3.63) is 344 Å². The third-order valence-corrected chi connectivity index (χ3v) is 27.4. The van der Waals surface area contributed by atoms with Gasteiger partial charge in [0.15, 0.2) is 22.0 Å². The van der Waals surface area contributed by atoms with E-state index in [-0.39, 0.29) is 78.8 Å². The molecule has 2 saturated heterocycles. The average molecular weight is 1940 g/mol. The number of rotatable bonds is 32. The van der Waals surface area contributed by atoms with E-state index in [9.17, 15) is 50.0 Å². The van der Waals surface area contributed by atoms with Crippen molar-refractivity contribution in [2.45, 2.75) is 102 Å². The quantitative estimate of drug-likeness (QED) is 0.0330. The lowest BCUT2D eigenvalue weighted by atomic mass is 9.93. The molecule has 3 aromatic heterocycles. The Morgan fingerprint density at radius 1 is 0.642 bits per heavy atom. The van der Waals surface area contributed by atoms with E-state index in [2.05, 4.69) is 56.9 Å². The maximum Gasteiger partial charge on any atom is 0.266 e. The number of hydrazone groups is 1. The zero-order valence-electron chi connectivity index (χ0n) is 77.8. The number of sulfone groups is 1. The highest BCUT2D eigenvalue weighted by Crippen LogP contribution is 2.42. The Hall–Kier alpha value is -13.7. The zero-order chi connectivity index (χ0) is 97.6. The number of para-hydroxylation sites is 2. The molecule has 6 heterocycles. The van der Waals surface area contributed by atoms with Gasteiger partial charge in [0, 0.05) is 141 Å². The highest BCUT2D eigenvalue weighted by atomic mass is 35.5. The summed E-state index contributed by atoms with van der Waals surface area (Å²) in [5.41, 5.74) is 6.17. The minimum Gasteiger partial charge on any atom is -0.497 e. The zero-order valence-corrected chi connectivity index (χ0v) is 81.0. The van der Waals surface area contributed by atoms with E-state index in [4.69, 9.17) is 40.0 Å². The van der Waals surface area contributed by atoms with Crippen molar-refractivity contribution in [1.29, 1.82) is 0 Å². The van der Waals surface area contributed by atoms with E-state index < -0.39 is 30.7 Å². The largest absolute Gasteiger partial charge is 0.497 e. The van der Waals surface area contributed by atoms with Crippen LogP contribution in [0.25, 0.3) is 22.2 Å². The van der Waals surface area contributed by atoms with Crippen molar-refractivity contribution >= 4 is 94.4 Å². The van der Waals surface area contributed by atoms with Crippen LogP contribution in [0.4, 0.5) is 10.1 Å². The van der Waals surface area contributed by atoms with Gasteiger partial charge in [0.25, 0.3) is 17.4 Å². The molecule has 2 unspecified atom stereocenters. The number of methoxy groups -OCH3 is 3. The number of carbonyl (C=O) groups is 5. The lowest BCUT2D eigenvalue weighted by Gasteiger charge is -2.34. The van der Waals surface area contributed by atoms with Gasteiger partial charge in [0.1, 0.15) is 46.1 Å². The number of sulfonamides is 1. The van der Waals surface area contributed by atoms with E-state index in [1.54, 1.807) is 131 Å². The number of likely N-dealkylation sites (tertiary alicyclic amines) is 1. The summed E-state index contributed by atoms with van der Waals surface area (Å²) in [4.78, 5) is 90.4. The summed E-state index contributed by atoms with van der Waals surface area (Å²) in [6, 6.07) is 75.9. The first-order chi connectivity index (χ1) is 66.0. The standard InChI is InChI=1S/C25H31N5O2.C24H24N2O4.C20H22ClNO4S.C20H16FNO3S.C15H19N3O3S/c1-2-32-23-11-7-6-10-22(23)27-24(31)20-29-16-14-28(15-17-29)18-19-30-13-12-26-25(30)21-8-4-3-5-9-21;1-15(27)26-21(19-9-5-7-16-8-6-10-22(29-3)24(16)19)14-20(25-26)18-12-11-17(28-2)13-23(18)30-4;1-20(2,26-16-10-8-15(21)9-11-16)19(23)22-13-12-18(14-22)27(24,25)17-6-4-3-5-7-17;21-15-6-8-16(9-7-15)25-13-19(23)22-12-17-10-11-18(26-17)20(24)14-4-2-1-3-5-14;1-12-4-3-5-14(8-12)10-22(20,21)17-6-7-18-11-16-9-13(2)15(18)19/h3-13H,2,14-20H2,1H3,(H,27,31);5-13,21H,14H2,1-4H3;3-11,18H,12-14H2,1-2H3;1-11H,12-13H2,(H,22,23);3-5,8-9,11,17H,6-7,10H2,1-2H3. The predicted octanol–water partition coefficient (Wildman–Crippen LogP) is 16.1. The van der Waals surface area contributed by atoms with Crippen molar-refractivity contribution in [3.63, 3.8) is 0 Å². The smallest absolute Gasteiger partial charge is 0.266 e. The van der Waals surface area contributed by atoms with Crippen LogP contribution in [0, 0.1) is 19.7 Å². The topological polar surface area (TPSA) is 323 Å². The summed E-state index contributed by atoms with van der Waals surface area (Å²) in [5, 5.41) is 14.0. The molecular weight excluding hydrogens is 1820 g/mol. The molecule has 0 radical (unpaired) electrons. The number of amides is 4. The average Bonchev–Trinajstić information content (AvgIpc) is 1.61. The van der Waals surface area contributed by atoms with Crippen molar-refractivity contribution in [2.24, 2.45) is 5.10 Å². The third kappa shape index (κ3) is 28.9. The first-order valence-corrected chi connectivity index (χ1v) is 49.0. The summed E-state index contributed by atoms with van der Waals surface area (Å²) >= 11 is 7.22. The van der Waals surface area contributed by atoms with Crippen LogP contribution in [0.5, 0.6) is 34.5 Å². The number of ether oxygens (including phenoxy) is 6. The van der Waals surface area contributed by atoms with Crippen LogP contribution in [0.2, 0.25) is 5.02 Å². The SMILES string of the molecule is CC(C)(Oc1ccc(Cl)cc1)C(=O)N1CCC(S(=O)(=O)c2ccccc2)C1.CCOc1ccccc1NC(=O)CN1CCN(CCn2ccnc2-c2ccccc2)CC1.COc1ccc(C2=NN(C(C)=O)C(c3cccc4cccc(OC)c34)C2)c(OC)c1.Cc1cccc(CS(=O)(=O)NCCn2cncc(C)c2=O)c1.O=C(COc1ccc(F)cc1)NCc1ccc(C(=O)c2ccccc2)s1. The number of halogens is 2. The number of imidazole rings is 1. The molecule has 3 N–H and O–H groups in total. The molecular formula is C104H112ClFN12O16S3. The molecule has 0 aliphatic carbocycles. The number of piperazine rings is 1. The van der Waals surface area contributed by atoms with Crippen LogP contribution in [0.15, 0.2) is 294 Å². The van der Waals surface area contributed by atoms with Gasteiger partial charge < -0.3 is 48.5 Å². The number of aromatic nitrogens is 4. The Bertz CT molecular complexity index is 6580. The van der Waals surface area contributed by atoms with Crippen molar-refractivity contribution in [2.75, 3.05) is 98.8 Å². The third-order valence-electron chi connectivity index (χ3n) is 22.5. The minimum atomic E-state index is -3.46. The first-order valence-electron chi connectivity index (χ1n) is 44.6. The number of hydrogen-bond acceptors (Lipinski definition) is 22. The van der Waals surface area contributed by atoms with Gasteiger partial charge >= 0.3 is 0 Å². The maximum atomic E-state index is 12.9. The van der Waals surface area contributed by atoms with E-state index in [0.29, 0.717) is 93.8 Å². The molecule has 2 fully saturated rings. The molecule has 0 saturated carbocycles. The number of thiophene rings is 1. The first kappa shape index (κ1) is 102. The van der Waals surface area contributed by atoms with E-state index in [1.807, 2.05) is 166 Å². The van der Waals surface area contributed by atoms with Crippen LogP contribution < -0.4 is 49.3 Å².